The average molecular weight is 437 g/mol. The number of halogens is 1. The molecule has 1 amide bonds. The Kier molecular flexibility index (Phi) is 7.28. The predicted octanol–water partition coefficient (Wildman–Crippen LogP) is 2.43. The second kappa shape index (κ2) is 9.90. The Bertz CT molecular complexity index is 961. The number of sulfonamides is 1. The van der Waals surface area contributed by atoms with Crippen molar-refractivity contribution in [2.45, 2.75) is 17.7 Å². The highest BCUT2D eigenvalue weighted by Gasteiger charge is 2.25. The normalized spacial score (nSPS) is 15.1. The second-order valence-corrected chi connectivity index (χ2v) is 8.84. The van der Waals surface area contributed by atoms with Gasteiger partial charge in [-0.3, -0.25) is 4.79 Å². The van der Waals surface area contributed by atoms with Crippen molar-refractivity contribution in [3.05, 3.63) is 54.3 Å². The van der Waals surface area contributed by atoms with Gasteiger partial charge in [-0.25, -0.2) is 17.5 Å². The van der Waals surface area contributed by atoms with Crippen molar-refractivity contribution in [2.75, 3.05) is 33.4 Å². The molecule has 3 rings (SSSR count). The van der Waals surface area contributed by atoms with Crippen LogP contribution >= 0.6 is 0 Å². The number of benzene rings is 2. The third kappa shape index (κ3) is 5.70. The van der Waals surface area contributed by atoms with Crippen molar-refractivity contribution in [2.24, 2.45) is 5.92 Å². The molecule has 0 unspecified atom stereocenters. The summed E-state index contributed by atoms with van der Waals surface area (Å²) in [5.74, 6) is -0.0918. The van der Waals surface area contributed by atoms with Crippen LogP contribution in [0.4, 0.5) is 4.39 Å². The fourth-order valence-electron chi connectivity index (χ4n) is 3.26. The van der Waals surface area contributed by atoms with E-state index in [0.29, 0.717) is 31.7 Å². The molecule has 0 aliphatic carbocycles. The van der Waals surface area contributed by atoms with Gasteiger partial charge < -0.3 is 14.4 Å². The number of nitrogens with one attached hydrogen (secondary N) is 1. The Hall–Kier alpha value is -2.65. The first-order valence-corrected chi connectivity index (χ1v) is 11.2. The van der Waals surface area contributed by atoms with Gasteiger partial charge in [0.05, 0.1) is 12.0 Å². The van der Waals surface area contributed by atoms with Crippen LogP contribution in [0.1, 0.15) is 12.8 Å². The molecule has 1 saturated heterocycles. The van der Waals surface area contributed by atoms with Crippen LogP contribution in [0, 0.1) is 11.7 Å². The monoisotopic (exact) mass is 436 g/mol. The minimum atomic E-state index is -3.82. The Morgan fingerprint density at radius 1 is 1.17 bits per heavy atom. The maximum atomic E-state index is 13.8. The molecule has 0 bridgehead atoms. The van der Waals surface area contributed by atoms with E-state index in [1.54, 1.807) is 17.0 Å². The average Bonchev–Trinajstić information content (AvgIpc) is 2.77. The third-order valence-corrected chi connectivity index (χ3v) is 6.49. The van der Waals surface area contributed by atoms with E-state index in [0.717, 1.165) is 6.07 Å². The van der Waals surface area contributed by atoms with Gasteiger partial charge in [0.1, 0.15) is 5.75 Å². The van der Waals surface area contributed by atoms with E-state index < -0.39 is 15.8 Å². The number of carbonyl (C=O) groups is 1. The van der Waals surface area contributed by atoms with Crippen LogP contribution in [-0.4, -0.2) is 52.6 Å². The number of nitrogens with zero attached hydrogens (tertiary/aromatic N) is 1. The number of hydrogen-bond donors (Lipinski definition) is 1. The van der Waals surface area contributed by atoms with Gasteiger partial charge in [-0.05, 0) is 49.1 Å². The molecule has 2 aromatic rings. The molecule has 0 spiro atoms. The molecule has 1 aliphatic rings. The highest BCUT2D eigenvalue weighted by atomic mass is 32.2. The molecule has 0 saturated carbocycles. The molecule has 30 heavy (non-hydrogen) atoms. The number of ether oxygens (including phenoxy) is 2. The SMILES string of the molecule is COc1ccc(S(=O)(=O)NCC2CCN(C(=O)COc3ccccc3)CC2)cc1F. The molecule has 1 N–H and O–H groups in total. The molecule has 9 heteroatoms. The molecule has 0 radical (unpaired) electrons. The lowest BCUT2D eigenvalue weighted by Gasteiger charge is -2.32. The number of carbonyl (C=O) groups excluding carboxylic acids is 1. The van der Waals surface area contributed by atoms with E-state index >= 15 is 0 Å². The van der Waals surface area contributed by atoms with Crippen molar-refractivity contribution < 1.29 is 27.1 Å². The molecule has 1 aliphatic heterocycles. The zero-order chi connectivity index (χ0) is 21.6. The summed E-state index contributed by atoms with van der Waals surface area (Å²) >= 11 is 0. The molecule has 0 aromatic heterocycles. The third-order valence-electron chi connectivity index (χ3n) is 5.07. The summed E-state index contributed by atoms with van der Waals surface area (Å²) in [4.78, 5) is 13.9. The first kappa shape index (κ1) is 22.0. The van der Waals surface area contributed by atoms with Crippen LogP contribution in [0.25, 0.3) is 0 Å². The largest absolute Gasteiger partial charge is 0.494 e. The molecule has 2 aromatic carbocycles. The Balaban J connectivity index is 1.45. The van der Waals surface area contributed by atoms with E-state index in [9.17, 15) is 17.6 Å². The summed E-state index contributed by atoms with van der Waals surface area (Å²) in [6.07, 6.45) is 1.35. The highest BCUT2D eigenvalue weighted by molar-refractivity contribution is 7.89. The van der Waals surface area contributed by atoms with E-state index in [2.05, 4.69) is 4.72 Å². The number of likely N-dealkylation sites (tertiary alicyclic amines) is 1. The van der Waals surface area contributed by atoms with E-state index in [1.807, 2.05) is 18.2 Å². The number of para-hydroxylation sites is 1. The summed E-state index contributed by atoms with van der Waals surface area (Å²) in [7, 11) is -2.51. The fraction of sp³-hybridized carbons (Fsp3) is 0.381. The maximum Gasteiger partial charge on any atom is 0.260 e. The Morgan fingerprint density at radius 3 is 2.50 bits per heavy atom. The zero-order valence-corrected chi connectivity index (χ0v) is 17.5. The smallest absolute Gasteiger partial charge is 0.260 e. The Morgan fingerprint density at radius 2 is 1.87 bits per heavy atom. The lowest BCUT2D eigenvalue weighted by molar-refractivity contribution is -0.134. The molecule has 162 valence electrons. The first-order chi connectivity index (χ1) is 14.4. The van der Waals surface area contributed by atoms with Gasteiger partial charge in [-0.15, -0.1) is 0 Å². The van der Waals surface area contributed by atoms with Crippen molar-refractivity contribution in [3.63, 3.8) is 0 Å². The predicted molar refractivity (Wildman–Crippen MR) is 109 cm³/mol. The van der Waals surface area contributed by atoms with Crippen molar-refractivity contribution in [1.29, 1.82) is 0 Å². The van der Waals surface area contributed by atoms with Gasteiger partial charge >= 0.3 is 0 Å². The van der Waals surface area contributed by atoms with Crippen molar-refractivity contribution in [1.82, 2.24) is 9.62 Å². The van der Waals surface area contributed by atoms with Crippen molar-refractivity contribution >= 4 is 15.9 Å². The number of rotatable bonds is 8. The molecule has 7 nitrogen and oxygen atoms in total. The summed E-state index contributed by atoms with van der Waals surface area (Å²) in [5, 5.41) is 0. The highest BCUT2D eigenvalue weighted by Crippen LogP contribution is 2.22. The van der Waals surface area contributed by atoms with E-state index in [1.165, 1.54) is 19.2 Å². The van der Waals surface area contributed by atoms with Gasteiger partial charge in [0.15, 0.2) is 18.2 Å². The number of hydrogen-bond acceptors (Lipinski definition) is 5. The quantitative estimate of drug-likeness (QED) is 0.687. The van der Waals surface area contributed by atoms with Gasteiger partial charge in [0, 0.05) is 19.6 Å². The lowest BCUT2D eigenvalue weighted by Crippen LogP contribution is -2.43. The molecule has 1 fully saturated rings. The van der Waals surface area contributed by atoms with Crippen molar-refractivity contribution in [3.8, 4) is 11.5 Å². The summed E-state index contributed by atoms with van der Waals surface area (Å²) < 4.78 is 51.5. The van der Waals surface area contributed by atoms with Crippen LogP contribution < -0.4 is 14.2 Å². The minimum absolute atomic E-state index is 0.0118. The van der Waals surface area contributed by atoms with E-state index in [-0.39, 0.29) is 35.6 Å². The minimum Gasteiger partial charge on any atom is -0.494 e. The van der Waals surface area contributed by atoms with E-state index in [4.69, 9.17) is 9.47 Å². The molecule has 1 heterocycles. The standard InChI is InChI=1S/C21H25FN2O5S/c1-28-20-8-7-18(13-19(20)22)30(26,27)23-14-16-9-11-24(12-10-16)21(25)15-29-17-5-3-2-4-6-17/h2-8,13,16,23H,9-12,14-15H2,1H3. The zero-order valence-electron chi connectivity index (χ0n) is 16.7. The molecular formula is C21H25FN2O5S. The van der Waals surface area contributed by atoms with Crippen LogP contribution in [0.5, 0.6) is 11.5 Å². The summed E-state index contributed by atoms with van der Waals surface area (Å²) in [6.45, 7) is 1.30. The Labute approximate surface area is 175 Å². The topological polar surface area (TPSA) is 84.9 Å². The fourth-order valence-corrected chi connectivity index (χ4v) is 4.39. The van der Waals surface area contributed by atoms with Crippen LogP contribution in [0.2, 0.25) is 0 Å². The summed E-state index contributed by atoms with van der Waals surface area (Å²) in [6, 6.07) is 12.7. The number of methoxy groups -OCH3 is 1. The number of amides is 1. The lowest BCUT2D eigenvalue weighted by atomic mass is 9.97. The van der Waals surface area contributed by atoms with Gasteiger partial charge in [0.2, 0.25) is 10.0 Å². The first-order valence-electron chi connectivity index (χ1n) is 9.68. The van der Waals surface area contributed by atoms with Gasteiger partial charge in [0.25, 0.3) is 5.91 Å². The maximum absolute atomic E-state index is 13.8. The second-order valence-electron chi connectivity index (χ2n) is 7.07. The van der Waals surface area contributed by atoms with Crippen LogP contribution in [0.15, 0.2) is 53.4 Å². The number of piperidine rings is 1. The van der Waals surface area contributed by atoms with Gasteiger partial charge in [-0.1, -0.05) is 18.2 Å². The van der Waals surface area contributed by atoms with Crippen LogP contribution in [0.3, 0.4) is 0 Å². The summed E-state index contributed by atoms with van der Waals surface area (Å²) in [5.41, 5.74) is 0. The van der Waals surface area contributed by atoms with Gasteiger partial charge in [-0.2, -0.15) is 0 Å². The molecule has 0 atom stereocenters. The van der Waals surface area contributed by atoms with Crippen LogP contribution in [-0.2, 0) is 14.8 Å². The molecular weight excluding hydrogens is 411 g/mol.